The van der Waals surface area contributed by atoms with Gasteiger partial charge < -0.3 is 10.5 Å². The number of rotatable bonds is 4. The Bertz CT molecular complexity index is 342. The highest BCUT2D eigenvalue weighted by Gasteiger charge is 2.24. The van der Waals surface area contributed by atoms with Crippen LogP contribution in [0.5, 0.6) is 6.01 Å². The second kappa shape index (κ2) is 4.82. The van der Waals surface area contributed by atoms with Gasteiger partial charge in [0.05, 0.1) is 7.11 Å². The highest BCUT2D eigenvalue weighted by atomic mass is 16.5. The first kappa shape index (κ1) is 11.4. The monoisotopic (exact) mass is 224 g/mol. The molecule has 5 heteroatoms. The summed E-state index contributed by atoms with van der Waals surface area (Å²) in [4.78, 5) is 0. The van der Waals surface area contributed by atoms with Gasteiger partial charge in [0.1, 0.15) is 5.82 Å². The van der Waals surface area contributed by atoms with Crippen molar-refractivity contribution in [2.24, 2.45) is 5.73 Å². The van der Waals surface area contributed by atoms with Crippen LogP contribution >= 0.6 is 0 Å². The number of ether oxygens (including phenoxy) is 1. The van der Waals surface area contributed by atoms with Crippen molar-refractivity contribution in [3.63, 3.8) is 0 Å². The molecule has 0 saturated heterocycles. The Morgan fingerprint density at radius 1 is 1.44 bits per heavy atom. The number of aromatic nitrogens is 3. The minimum Gasteiger partial charge on any atom is -0.467 e. The highest BCUT2D eigenvalue weighted by Crippen LogP contribution is 2.33. The first-order valence-corrected chi connectivity index (χ1v) is 5.95. The number of nitrogens with two attached hydrogens (primary N) is 1. The molecule has 0 spiro atoms. The van der Waals surface area contributed by atoms with Gasteiger partial charge in [-0.1, -0.05) is 17.9 Å². The Morgan fingerprint density at radius 3 is 2.69 bits per heavy atom. The Labute approximate surface area is 96.0 Å². The number of hydrogen-bond acceptors (Lipinski definition) is 4. The first-order chi connectivity index (χ1) is 7.72. The molecule has 1 aliphatic carbocycles. The maximum absolute atomic E-state index is 5.82. The molecular formula is C11H20N4O. The smallest absolute Gasteiger partial charge is 0.316 e. The molecular weight excluding hydrogens is 204 g/mol. The molecule has 1 aliphatic rings. The molecule has 1 fully saturated rings. The van der Waals surface area contributed by atoms with E-state index in [1.165, 1.54) is 25.7 Å². The molecule has 0 aliphatic heterocycles. The van der Waals surface area contributed by atoms with Gasteiger partial charge in [-0.2, -0.15) is 0 Å². The van der Waals surface area contributed by atoms with E-state index in [9.17, 15) is 0 Å². The Kier molecular flexibility index (Phi) is 3.43. The van der Waals surface area contributed by atoms with Crippen molar-refractivity contribution < 1.29 is 4.74 Å². The van der Waals surface area contributed by atoms with Crippen LogP contribution in [0, 0.1) is 0 Å². The molecule has 1 heterocycles. The zero-order valence-corrected chi connectivity index (χ0v) is 10.0. The fourth-order valence-electron chi connectivity index (χ4n) is 2.40. The summed E-state index contributed by atoms with van der Waals surface area (Å²) in [6, 6.07) is 1.23. The molecule has 1 atom stereocenters. The molecule has 0 aromatic carbocycles. The zero-order valence-electron chi connectivity index (χ0n) is 10.0. The van der Waals surface area contributed by atoms with Crippen LogP contribution in [0.2, 0.25) is 0 Å². The first-order valence-electron chi connectivity index (χ1n) is 5.95. The Balaban J connectivity index is 2.26. The van der Waals surface area contributed by atoms with Crippen molar-refractivity contribution >= 4 is 0 Å². The van der Waals surface area contributed by atoms with Crippen molar-refractivity contribution in [3.8, 4) is 6.01 Å². The number of nitrogens with zero attached hydrogens (tertiary/aromatic N) is 3. The van der Waals surface area contributed by atoms with Crippen molar-refractivity contribution in [1.82, 2.24) is 14.8 Å². The zero-order chi connectivity index (χ0) is 11.5. The van der Waals surface area contributed by atoms with Gasteiger partial charge in [-0.15, -0.1) is 5.10 Å². The van der Waals surface area contributed by atoms with Gasteiger partial charge in [0.15, 0.2) is 0 Å². The van der Waals surface area contributed by atoms with Gasteiger partial charge in [0.25, 0.3) is 0 Å². The van der Waals surface area contributed by atoms with E-state index in [2.05, 4.69) is 14.8 Å². The fraction of sp³-hybridized carbons (Fsp3) is 0.818. The fourth-order valence-corrected chi connectivity index (χ4v) is 2.40. The topological polar surface area (TPSA) is 66.0 Å². The third-order valence-corrected chi connectivity index (χ3v) is 3.11. The summed E-state index contributed by atoms with van der Waals surface area (Å²) < 4.78 is 7.40. The van der Waals surface area contributed by atoms with E-state index in [1.54, 1.807) is 7.11 Å². The molecule has 90 valence electrons. The van der Waals surface area contributed by atoms with E-state index in [0.29, 0.717) is 12.1 Å². The van der Waals surface area contributed by atoms with Gasteiger partial charge in [-0.3, -0.25) is 4.57 Å². The molecule has 5 nitrogen and oxygen atoms in total. The molecule has 0 amide bonds. The molecule has 2 rings (SSSR count). The Hall–Kier alpha value is -1.10. The van der Waals surface area contributed by atoms with Crippen LogP contribution in [-0.2, 0) is 6.42 Å². The minimum absolute atomic E-state index is 0.106. The summed E-state index contributed by atoms with van der Waals surface area (Å²) in [5.41, 5.74) is 5.82. The second-order valence-electron chi connectivity index (χ2n) is 4.59. The normalized spacial score (nSPS) is 18.9. The molecule has 1 unspecified atom stereocenters. The molecule has 2 N–H and O–H groups in total. The van der Waals surface area contributed by atoms with E-state index in [1.807, 2.05) is 6.92 Å². The van der Waals surface area contributed by atoms with Gasteiger partial charge in [0.2, 0.25) is 0 Å². The molecule has 1 saturated carbocycles. The van der Waals surface area contributed by atoms with E-state index in [0.717, 1.165) is 12.2 Å². The molecule has 0 bridgehead atoms. The van der Waals surface area contributed by atoms with Gasteiger partial charge in [0, 0.05) is 18.5 Å². The van der Waals surface area contributed by atoms with Crippen LogP contribution in [0.15, 0.2) is 0 Å². The van der Waals surface area contributed by atoms with E-state index < -0.39 is 0 Å². The summed E-state index contributed by atoms with van der Waals surface area (Å²) in [5, 5.41) is 8.25. The van der Waals surface area contributed by atoms with E-state index in [4.69, 9.17) is 10.5 Å². The quantitative estimate of drug-likeness (QED) is 0.837. The van der Waals surface area contributed by atoms with Crippen LogP contribution in [0.3, 0.4) is 0 Å². The van der Waals surface area contributed by atoms with Crippen molar-refractivity contribution in [1.29, 1.82) is 0 Å². The lowest BCUT2D eigenvalue weighted by Gasteiger charge is -2.16. The SMILES string of the molecule is COc1nnc(CC(C)N)n1C1CCCC1. The third-order valence-electron chi connectivity index (χ3n) is 3.11. The maximum atomic E-state index is 5.82. The summed E-state index contributed by atoms with van der Waals surface area (Å²) >= 11 is 0. The van der Waals surface area contributed by atoms with Crippen molar-refractivity contribution in [2.45, 2.75) is 51.1 Å². The van der Waals surface area contributed by atoms with Crippen LogP contribution in [0.1, 0.15) is 44.5 Å². The lowest BCUT2D eigenvalue weighted by atomic mass is 10.2. The number of methoxy groups -OCH3 is 1. The molecule has 1 aromatic heterocycles. The summed E-state index contributed by atoms with van der Waals surface area (Å²) in [5.74, 6) is 0.957. The lowest BCUT2D eigenvalue weighted by Crippen LogP contribution is -2.22. The average Bonchev–Trinajstić information content (AvgIpc) is 2.84. The molecule has 1 aromatic rings. The van der Waals surface area contributed by atoms with Crippen LogP contribution in [0.4, 0.5) is 0 Å². The predicted molar refractivity (Wildman–Crippen MR) is 61.4 cm³/mol. The largest absolute Gasteiger partial charge is 0.467 e. The summed E-state index contributed by atoms with van der Waals surface area (Å²) in [6.45, 7) is 1.99. The maximum Gasteiger partial charge on any atom is 0.316 e. The van der Waals surface area contributed by atoms with Gasteiger partial charge >= 0.3 is 6.01 Å². The van der Waals surface area contributed by atoms with E-state index in [-0.39, 0.29) is 6.04 Å². The summed E-state index contributed by atoms with van der Waals surface area (Å²) in [7, 11) is 1.64. The summed E-state index contributed by atoms with van der Waals surface area (Å²) in [6.07, 6.45) is 5.71. The second-order valence-corrected chi connectivity index (χ2v) is 4.59. The van der Waals surface area contributed by atoms with Crippen LogP contribution in [0.25, 0.3) is 0 Å². The average molecular weight is 224 g/mol. The third kappa shape index (κ3) is 2.19. The van der Waals surface area contributed by atoms with Gasteiger partial charge in [-0.05, 0) is 19.8 Å². The van der Waals surface area contributed by atoms with Crippen molar-refractivity contribution in [2.75, 3.05) is 7.11 Å². The van der Waals surface area contributed by atoms with Crippen LogP contribution < -0.4 is 10.5 Å². The van der Waals surface area contributed by atoms with E-state index >= 15 is 0 Å². The van der Waals surface area contributed by atoms with Crippen LogP contribution in [-0.4, -0.2) is 27.9 Å². The highest BCUT2D eigenvalue weighted by molar-refractivity contribution is 5.05. The number of hydrogen-bond donors (Lipinski definition) is 1. The minimum atomic E-state index is 0.106. The molecule has 0 radical (unpaired) electrons. The standard InChI is InChI=1S/C11H20N4O/c1-8(12)7-10-13-14-11(16-2)15(10)9-5-3-4-6-9/h8-9H,3-7,12H2,1-2H3. The predicted octanol–water partition coefficient (Wildman–Crippen LogP) is 1.29. The Morgan fingerprint density at radius 2 is 2.12 bits per heavy atom. The molecule has 16 heavy (non-hydrogen) atoms. The van der Waals surface area contributed by atoms with Gasteiger partial charge in [-0.25, -0.2) is 0 Å². The van der Waals surface area contributed by atoms with Crippen molar-refractivity contribution in [3.05, 3.63) is 5.82 Å². The lowest BCUT2D eigenvalue weighted by molar-refractivity contribution is 0.331.